The fraction of sp³-hybridized carbons (Fsp3) is 0.238. The summed E-state index contributed by atoms with van der Waals surface area (Å²) in [7, 11) is 0. The molecule has 0 bridgehead atoms. The highest BCUT2D eigenvalue weighted by Crippen LogP contribution is 2.37. The highest BCUT2D eigenvalue weighted by molar-refractivity contribution is 5.93. The number of amides is 1. The van der Waals surface area contributed by atoms with Crippen LogP contribution in [0.2, 0.25) is 0 Å². The minimum atomic E-state index is 0.0124. The van der Waals surface area contributed by atoms with Crippen molar-refractivity contribution in [2.24, 2.45) is 5.92 Å². The van der Waals surface area contributed by atoms with Gasteiger partial charge in [-0.3, -0.25) is 4.79 Å². The van der Waals surface area contributed by atoms with Gasteiger partial charge in [-0.15, -0.1) is 0 Å². The van der Waals surface area contributed by atoms with Gasteiger partial charge in [-0.05, 0) is 53.6 Å². The molecule has 124 valence electrons. The third-order valence-corrected chi connectivity index (χ3v) is 5.42. The van der Waals surface area contributed by atoms with Gasteiger partial charge in [-0.25, -0.2) is 4.98 Å². The van der Waals surface area contributed by atoms with E-state index in [1.54, 1.807) is 6.33 Å². The summed E-state index contributed by atoms with van der Waals surface area (Å²) in [4.78, 5) is 20.1. The molecule has 1 amide bonds. The Hall–Kier alpha value is -2.88. The van der Waals surface area contributed by atoms with Crippen molar-refractivity contribution in [1.82, 2.24) is 9.97 Å². The van der Waals surface area contributed by atoms with E-state index in [-0.39, 0.29) is 11.8 Å². The Morgan fingerprint density at radius 1 is 1.12 bits per heavy atom. The summed E-state index contributed by atoms with van der Waals surface area (Å²) in [6.45, 7) is 0. The molecule has 25 heavy (non-hydrogen) atoms. The van der Waals surface area contributed by atoms with E-state index >= 15 is 0 Å². The summed E-state index contributed by atoms with van der Waals surface area (Å²) in [6, 6.07) is 14.8. The van der Waals surface area contributed by atoms with E-state index in [1.165, 1.54) is 22.3 Å². The van der Waals surface area contributed by atoms with Crippen LogP contribution in [-0.2, 0) is 24.1 Å². The predicted molar refractivity (Wildman–Crippen MR) is 97.4 cm³/mol. The SMILES string of the molecule is O=C(Nc1ccc2c(c1)Cc1ccccc1-2)C1CCc2nc[nH]c2C1. The summed E-state index contributed by atoms with van der Waals surface area (Å²) in [5, 5.41) is 3.12. The van der Waals surface area contributed by atoms with Crippen molar-refractivity contribution in [3.05, 3.63) is 71.3 Å². The van der Waals surface area contributed by atoms with Crippen LogP contribution in [0.15, 0.2) is 48.8 Å². The van der Waals surface area contributed by atoms with E-state index < -0.39 is 0 Å². The average molecular weight is 329 g/mol. The minimum Gasteiger partial charge on any atom is -0.348 e. The van der Waals surface area contributed by atoms with Gasteiger partial charge in [0.1, 0.15) is 0 Å². The van der Waals surface area contributed by atoms with Crippen LogP contribution in [0.1, 0.15) is 28.9 Å². The van der Waals surface area contributed by atoms with Gasteiger partial charge in [0.05, 0.1) is 12.0 Å². The molecule has 2 aliphatic carbocycles. The second-order valence-electron chi connectivity index (χ2n) is 6.96. The maximum Gasteiger partial charge on any atom is 0.227 e. The summed E-state index contributed by atoms with van der Waals surface area (Å²) in [6.07, 6.45) is 5.15. The lowest BCUT2D eigenvalue weighted by atomic mass is 9.89. The van der Waals surface area contributed by atoms with Crippen molar-refractivity contribution in [1.29, 1.82) is 0 Å². The lowest BCUT2D eigenvalue weighted by molar-refractivity contribution is -0.120. The van der Waals surface area contributed by atoms with Gasteiger partial charge in [-0.1, -0.05) is 30.3 Å². The van der Waals surface area contributed by atoms with E-state index in [4.69, 9.17) is 0 Å². The summed E-state index contributed by atoms with van der Waals surface area (Å²) in [5.74, 6) is 0.120. The first-order chi connectivity index (χ1) is 12.3. The molecule has 1 unspecified atom stereocenters. The Kier molecular flexibility index (Phi) is 3.23. The molecular weight excluding hydrogens is 310 g/mol. The molecule has 3 aromatic rings. The van der Waals surface area contributed by atoms with Crippen LogP contribution in [0.4, 0.5) is 5.69 Å². The Morgan fingerprint density at radius 3 is 2.96 bits per heavy atom. The van der Waals surface area contributed by atoms with Gasteiger partial charge in [0, 0.05) is 23.7 Å². The van der Waals surface area contributed by atoms with Crippen molar-refractivity contribution in [3.8, 4) is 11.1 Å². The molecule has 2 N–H and O–H groups in total. The van der Waals surface area contributed by atoms with Crippen LogP contribution in [-0.4, -0.2) is 15.9 Å². The number of benzene rings is 2. The molecule has 0 saturated heterocycles. The number of carbonyl (C=O) groups excluding carboxylic acids is 1. The molecule has 0 fully saturated rings. The summed E-state index contributed by atoms with van der Waals surface area (Å²) < 4.78 is 0. The van der Waals surface area contributed by atoms with Gasteiger partial charge >= 0.3 is 0 Å². The highest BCUT2D eigenvalue weighted by atomic mass is 16.1. The first kappa shape index (κ1) is 14.5. The molecule has 0 aliphatic heterocycles. The Bertz CT molecular complexity index is 973. The molecule has 4 nitrogen and oxygen atoms in total. The number of nitrogens with zero attached hydrogens (tertiary/aromatic N) is 1. The summed E-state index contributed by atoms with van der Waals surface area (Å²) in [5.41, 5.74) is 8.36. The molecule has 0 radical (unpaired) electrons. The topological polar surface area (TPSA) is 57.8 Å². The Morgan fingerprint density at radius 2 is 2.00 bits per heavy atom. The maximum atomic E-state index is 12.7. The molecule has 2 aromatic carbocycles. The zero-order chi connectivity index (χ0) is 16.8. The molecular formula is C21H19N3O. The quantitative estimate of drug-likeness (QED) is 0.589. The number of hydrogen-bond donors (Lipinski definition) is 2. The van der Waals surface area contributed by atoms with E-state index in [0.29, 0.717) is 0 Å². The maximum absolute atomic E-state index is 12.7. The van der Waals surface area contributed by atoms with E-state index in [1.807, 2.05) is 6.07 Å². The lowest BCUT2D eigenvalue weighted by Gasteiger charge is -2.20. The molecule has 0 saturated carbocycles. The summed E-state index contributed by atoms with van der Waals surface area (Å²) >= 11 is 0. The van der Waals surface area contributed by atoms with Crippen molar-refractivity contribution in [3.63, 3.8) is 0 Å². The number of imidazole rings is 1. The predicted octanol–water partition coefficient (Wildman–Crippen LogP) is 3.72. The van der Waals surface area contributed by atoms with Crippen LogP contribution < -0.4 is 5.32 Å². The molecule has 1 aromatic heterocycles. The number of nitrogens with one attached hydrogen (secondary N) is 2. The third-order valence-electron chi connectivity index (χ3n) is 5.42. The average Bonchev–Trinajstić information content (AvgIpc) is 3.24. The molecule has 1 heterocycles. The van der Waals surface area contributed by atoms with Gasteiger partial charge in [0.15, 0.2) is 0 Å². The number of hydrogen-bond acceptors (Lipinski definition) is 2. The fourth-order valence-electron chi connectivity index (χ4n) is 4.09. The number of aromatic nitrogens is 2. The lowest BCUT2D eigenvalue weighted by Crippen LogP contribution is -2.28. The zero-order valence-electron chi connectivity index (χ0n) is 13.9. The molecule has 2 aliphatic rings. The monoisotopic (exact) mass is 329 g/mol. The fourth-order valence-corrected chi connectivity index (χ4v) is 4.09. The number of fused-ring (bicyclic) bond motifs is 4. The second-order valence-corrected chi connectivity index (χ2v) is 6.96. The van der Waals surface area contributed by atoms with Crippen LogP contribution in [0.25, 0.3) is 11.1 Å². The number of anilines is 1. The number of aryl methyl sites for hydroxylation is 1. The molecule has 1 atom stereocenters. The standard InChI is InChI=1S/C21H19N3O/c25-21(14-5-8-19-20(11-14)23-12-22-19)24-16-6-7-18-15(10-16)9-13-3-1-2-4-17(13)18/h1-4,6-7,10,12,14H,5,8-9,11H2,(H,22,23)(H,24,25). The molecule has 5 rings (SSSR count). The van der Waals surface area contributed by atoms with Crippen molar-refractivity contribution >= 4 is 11.6 Å². The zero-order valence-corrected chi connectivity index (χ0v) is 13.9. The molecule has 4 heteroatoms. The third kappa shape index (κ3) is 2.45. The van der Waals surface area contributed by atoms with Crippen LogP contribution in [0.3, 0.4) is 0 Å². The van der Waals surface area contributed by atoms with Gasteiger partial charge in [0.25, 0.3) is 0 Å². The molecule has 0 spiro atoms. The van der Waals surface area contributed by atoms with Crippen LogP contribution >= 0.6 is 0 Å². The largest absolute Gasteiger partial charge is 0.348 e. The van der Waals surface area contributed by atoms with E-state index in [0.717, 1.165) is 42.8 Å². The van der Waals surface area contributed by atoms with Crippen LogP contribution in [0.5, 0.6) is 0 Å². The van der Waals surface area contributed by atoms with Crippen LogP contribution in [0, 0.1) is 5.92 Å². The van der Waals surface area contributed by atoms with Gasteiger partial charge < -0.3 is 10.3 Å². The Labute approximate surface area is 146 Å². The Balaban J connectivity index is 1.34. The van der Waals surface area contributed by atoms with Gasteiger partial charge in [0.2, 0.25) is 5.91 Å². The minimum absolute atomic E-state index is 0.0124. The van der Waals surface area contributed by atoms with Crippen molar-refractivity contribution < 1.29 is 4.79 Å². The smallest absolute Gasteiger partial charge is 0.227 e. The first-order valence-corrected chi connectivity index (χ1v) is 8.81. The number of carbonyl (C=O) groups is 1. The highest BCUT2D eigenvalue weighted by Gasteiger charge is 2.26. The number of aromatic amines is 1. The second kappa shape index (κ2) is 5.59. The van der Waals surface area contributed by atoms with Crippen molar-refractivity contribution in [2.75, 3.05) is 5.32 Å². The number of rotatable bonds is 2. The van der Waals surface area contributed by atoms with Crippen molar-refractivity contribution in [2.45, 2.75) is 25.7 Å². The van der Waals surface area contributed by atoms with E-state index in [9.17, 15) is 4.79 Å². The normalized spacial score (nSPS) is 17.5. The van der Waals surface area contributed by atoms with E-state index in [2.05, 4.69) is 51.7 Å². The van der Waals surface area contributed by atoms with Gasteiger partial charge in [-0.2, -0.15) is 0 Å². The number of H-pyrrole nitrogens is 1. The first-order valence-electron chi connectivity index (χ1n) is 8.81.